The van der Waals surface area contributed by atoms with E-state index in [1.54, 1.807) is 4.68 Å². The average molecular weight is 393 g/mol. The van der Waals surface area contributed by atoms with Gasteiger partial charge in [-0.2, -0.15) is 5.10 Å². The highest BCUT2D eigenvalue weighted by Crippen LogP contribution is 2.21. The maximum Gasteiger partial charge on any atom is 0.238 e. The number of anilines is 1. The van der Waals surface area contributed by atoms with E-state index >= 15 is 0 Å². The number of primary amides is 1. The molecular formula is C21H23N5O3. The summed E-state index contributed by atoms with van der Waals surface area (Å²) in [5.74, 6) is -0.426. The van der Waals surface area contributed by atoms with Gasteiger partial charge in [-0.3, -0.25) is 14.5 Å². The van der Waals surface area contributed by atoms with Crippen molar-refractivity contribution in [2.75, 3.05) is 38.2 Å². The Hall–Kier alpha value is -3.23. The molecule has 0 atom stereocenters. The van der Waals surface area contributed by atoms with E-state index in [1.165, 1.54) is 0 Å². The lowest BCUT2D eigenvalue weighted by Crippen LogP contribution is -2.41. The summed E-state index contributed by atoms with van der Waals surface area (Å²) in [6.45, 7) is 3.24. The molecule has 8 heteroatoms. The lowest BCUT2D eigenvalue weighted by molar-refractivity contribution is -0.118. The van der Waals surface area contributed by atoms with Gasteiger partial charge in [0, 0.05) is 30.4 Å². The number of nitrogens with one attached hydrogen (secondary N) is 1. The Balaban J connectivity index is 1.46. The number of nitrogens with zero attached hydrogens (tertiary/aromatic N) is 3. The van der Waals surface area contributed by atoms with Crippen LogP contribution < -0.4 is 11.1 Å². The zero-order valence-electron chi connectivity index (χ0n) is 16.0. The van der Waals surface area contributed by atoms with E-state index in [2.05, 4.69) is 15.3 Å². The maximum absolute atomic E-state index is 12.2. The first kappa shape index (κ1) is 19.1. The highest BCUT2D eigenvalue weighted by molar-refractivity contribution is 5.92. The van der Waals surface area contributed by atoms with Gasteiger partial charge in [0.1, 0.15) is 0 Å². The topological polar surface area (TPSA) is 102 Å². The lowest BCUT2D eigenvalue weighted by atomic mass is 10.1. The number of fused-ring (bicyclic) bond motifs is 1. The predicted octanol–water partition coefficient (Wildman–Crippen LogP) is 1.32. The van der Waals surface area contributed by atoms with Crippen molar-refractivity contribution in [1.29, 1.82) is 0 Å². The second-order valence-electron chi connectivity index (χ2n) is 7.06. The second-order valence-corrected chi connectivity index (χ2v) is 7.06. The number of ether oxygens (including phenoxy) is 1. The second kappa shape index (κ2) is 8.42. The molecule has 0 spiro atoms. The molecule has 2 aromatic carbocycles. The molecule has 150 valence electrons. The number of amides is 2. The smallest absolute Gasteiger partial charge is 0.238 e. The molecule has 1 fully saturated rings. The molecule has 0 bridgehead atoms. The molecule has 1 aliphatic heterocycles. The molecule has 0 unspecified atom stereocenters. The molecule has 3 aromatic rings. The number of carbonyl (C=O) groups excluding carboxylic acids is 2. The van der Waals surface area contributed by atoms with Crippen LogP contribution in [0.2, 0.25) is 0 Å². The Morgan fingerprint density at radius 3 is 2.59 bits per heavy atom. The Labute approximate surface area is 168 Å². The van der Waals surface area contributed by atoms with Crippen LogP contribution in [0.4, 0.5) is 5.69 Å². The van der Waals surface area contributed by atoms with Crippen LogP contribution in [-0.4, -0.2) is 59.3 Å². The summed E-state index contributed by atoms with van der Waals surface area (Å²) in [5, 5.41) is 8.47. The van der Waals surface area contributed by atoms with Gasteiger partial charge in [-0.1, -0.05) is 18.2 Å². The van der Waals surface area contributed by atoms with Gasteiger partial charge < -0.3 is 15.8 Å². The van der Waals surface area contributed by atoms with Crippen LogP contribution in [-0.2, 0) is 20.7 Å². The molecule has 8 nitrogen and oxygen atoms in total. The van der Waals surface area contributed by atoms with Crippen LogP contribution in [0, 0.1) is 0 Å². The maximum atomic E-state index is 12.2. The van der Waals surface area contributed by atoms with Gasteiger partial charge in [-0.05, 0) is 29.8 Å². The third-order valence-corrected chi connectivity index (χ3v) is 4.87. The molecule has 2 amide bonds. The number of hydrogen-bond donors (Lipinski definition) is 2. The zero-order valence-corrected chi connectivity index (χ0v) is 16.0. The van der Waals surface area contributed by atoms with Gasteiger partial charge in [0.2, 0.25) is 11.8 Å². The zero-order chi connectivity index (χ0) is 20.2. The number of nitrogens with two attached hydrogens (primary N) is 1. The Bertz CT molecular complexity index is 1020. The highest BCUT2D eigenvalue weighted by Gasteiger charge is 2.14. The monoisotopic (exact) mass is 393 g/mol. The molecule has 3 N–H and O–H groups in total. The lowest BCUT2D eigenvalue weighted by Gasteiger charge is -2.25. The quantitative estimate of drug-likeness (QED) is 0.658. The van der Waals surface area contributed by atoms with E-state index in [9.17, 15) is 9.59 Å². The molecule has 4 rings (SSSR count). The molecule has 29 heavy (non-hydrogen) atoms. The molecule has 0 aliphatic carbocycles. The normalized spacial score (nSPS) is 14.8. The molecule has 0 saturated carbocycles. The van der Waals surface area contributed by atoms with Crippen LogP contribution in [0.25, 0.3) is 16.6 Å². The van der Waals surface area contributed by atoms with Crippen molar-refractivity contribution in [3.8, 4) is 5.69 Å². The van der Waals surface area contributed by atoms with Crippen molar-refractivity contribution >= 4 is 28.4 Å². The first-order valence-corrected chi connectivity index (χ1v) is 9.54. The molecule has 1 saturated heterocycles. The third-order valence-electron chi connectivity index (χ3n) is 4.87. The number of hydrogen-bond acceptors (Lipinski definition) is 5. The van der Waals surface area contributed by atoms with E-state index < -0.39 is 0 Å². The minimum atomic E-state index is -0.385. The van der Waals surface area contributed by atoms with Crippen LogP contribution in [0.15, 0.2) is 48.7 Å². The fourth-order valence-corrected chi connectivity index (χ4v) is 3.43. The largest absolute Gasteiger partial charge is 0.379 e. The minimum Gasteiger partial charge on any atom is -0.379 e. The Morgan fingerprint density at radius 1 is 1.10 bits per heavy atom. The van der Waals surface area contributed by atoms with Crippen LogP contribution in [0.1, 0.15) is 5.56 Å². The van der Waals surface area contributed by atoms with Crippen molar-refractivity contribution in [3.63, 3.8) is 0 Å². The summed E-state index contributed by atoms with van der Waals surface area (Å²) in [6, 6.07) is 13.2. The van der Waals surface area contributed by atoms with E-state index in [0.717, 1.165) is 40.9 Å². The van der Waals surface area contributed by atoms with Crippen LogP contribution >= 0.6 is 0 Å². The van der Waals surface area contributed by atoms with E-state index in [4.69, 9.17) is 10.5 Å². The van der Waals surface area contributed by atoms with Crippen molar-refractivity contribution in [2.45, 2.75) is 6.42 Å². The summed E-state index contributed by atoms with van der Waals surface area (Å²) >= 11 is 0. The number of morpholine rings is 1. The number of benzene rings is 2. The fourth-order valence-electron chi connectivity index (χ4n) is 3.43. The number of rotatable bonds is 6. The first-order chi connectivity index (χ1) is 14.1. The molecule has 2 heterocycles. The highest BCUT2D eigenvalue weighted by atomic mass is 16.5. The standard InChI is InChI=1S/C21H23N5O3/c22-19(27)12-15-2-1-3-16-13-26(24-21(15)16)18-6-4-17(5-7-18)23-20(28)14-25-8-10-29-11-9-25/h1-7,13H,8-12,14H2,(H2,22,27)(H,23,28). The SMILES string of the molecule is NC(=O)Cc1cccc2cn(-c3ccc(NC(=O)CN4CCOCC4)cc3)nc12. The van der Waals surface area contributed by atoms with Crippen molar-refractivity contribution in [2.24, 2.45) is 5.73 Å². The molecule has 0 radical (unpaired) electrons. The van der Waals surface area contributed by atoms with E-state index in [0.29, 0.717) is 19.8 Å². The summed E-state index contributed by atoms with van der Waals surface area (Å²) in [5.41, 5.74) is 8.49. The summed E-state index contributed by atoms with van der Waals surface area (Å²) in [7, 11) is 0. The minimum absolute atomic E-state index is 0.0411. The first-order valence-electron chi connectivity index (χ1n) is 9.54. The van der Waals surface area contributed by atoms with Gasteiger partial charge >= 0.3 is 0 Å². The summed E-state index contributed by atoms with van der Waals surface area (Å²) in [4.78, 5) is 25.6. The summed E-state index contributed by atoms with van der Waals surface area (Å²) < 4.78 is 7.06. The molecular weight excluding hydrogens is 370 g/mol. The van der Waals surface area contributed by atoms with Crippen molar-refractivity contribution in [3.05, 3.63) is 54.2 Å². The van der Waals surface area contributed by atoms with Gasteiger partial charge in [0.25, 0.3) is 0 Å². The number of carbonyl (C=O) groups is 2. The summed E-state index contributed by atoms with van der Waals surface area (Å²) in [6.07, 6.45) is 2.06. The predicted molar refractivity (Wildman–Crippen MR) is 110 cm³/mol. The van der Waals surface area contributed by atoms with Gasteiger partial charge in [0.15, 0.2) is 0 Å². The molecule has 1 aliphatic rings. The number of aromatic nitrogens is 2. The van der Waals surface area contributed by atoms with Crippen molar-refractivity contribution < 1.29 is 14.3 Å². The fraction of sp³-hybridized carbons (Fsp3) is 0.286. The average Bonchev–Trinajstić information content (AvgIpc) is 3.14. The van der Waals surface area contributed by atoms with Gasteiger partial charge in [-0.15, -0.1) is 0 Å². The van der Waals surface area contributed by atoms with Crippen LogP contribution in [0.3, 0.4) is 0 Å². The van der Waals surface area contributed by atoms with Gasteiger partial charge in [0.05, 0.1) is 37.4 Å². The van der Waals surface area contributed by atoms with Gasteiger partial charge in [-0.25, -0.2) is 4.68 Å². The third kappa shape index (κ3) is 4.61. The van der Waals surface area contributed by atoms with Crippen LogP contribution in [0.5, 0.6) is 0 Å². The molecule has 1 aromatic heterocycles. The Kier molecular flexibility index (Phi) is 5.55. The Morgan fingerprint density at radius 2 is 1.86 bits per heavy atom. The van der Waals surface area contributed by atoms with E-state index in [-0.39, 0.29) is 18.2 Å². The van der Waals surface area contributed by atoms with E-state index in [1.807, 2.05) is 48.7 Å². The van der Waals surface area contributed by atoms with Crippen molar-refractivity contribution in [1.82, 2.24) is 14.7 Å².